The lowest BCUT2D eigenvalue weighted by Crippen LogP contribution is -2.40. The van der Waals surface area contributed by atoms with Crippen molar-refractivity contribution in [1.82, 2.24) is 4.90 Å². The monoisotopic (exact) mass is 363 g/mol. The number of carbonyl (C=O) groups excluding carboxylic acids is 2. The molecular weight excluding hydrogens is 338 g/mol. The van der Waals surface area contributed by atoms with Gasteiger partial charge >= 0.3 is 6.09 Å². The van der Waals surface area contributed by atoms with E-state index in [1.54, 1.807) is 0 Å². The van der Waals surface area contributed by atoms with Crippen LogP contribution in [0.1, 0.15) is 55.7 Å². The van der Waals surface area contributed by atoms with E-state index in [4.69, 9.17) is 4.74 Å². The minimum Gasteiger partial charge on any atom is -0.446 e. The molecule has 0 spiro atoms. The van der Waals surface area contributed by atoms with Crippen LogP contribution in [-0.2, 0) is 9.53 Å². The number of imide groups is 1. The normalized spacial score (nSPS) is 26.7. The number of hydrogen-bond acceptors (Lipinski definition) is 3. The Morgan fingerprint density at radius 3 is 2.33 bits per heavy atom. The van der Waals surface area contributed by atoms with E-state index in [1.807, 2.05) is 48.5 Å². The lowest BCUT2D eigenvalue weighted by atomic mass is 9.90. The average Bonchev–Trinajstić information content (AvgIpc) is 3.34. The first-order valence-electron chi connectivity index (χ1n) is 9.77. The number of hydrogen-bond donors (Lipinski definition) is 0. The van der Waals surface area contributed by atoms with Crippen molar-refractivity contribution < 1.29 is 14.3 Å². The minimum absolute atomic E-state index is 0.0684. The van der Waals surface area contributed by atoms with Gasteiger partial charge in [0.05, 0.1) is 5.41 Å². The Bertz CT molecular complexity index is 820. The number of carbonyl (C=O) groups is 2. The Morgan fingerprint density at radius 1 is 1.07 bits per heavy atom. The second-order valence-electron chi connectivity index (χ2n) is 7.61. The molecule has 2 aliphatic rings. The maximum absolute atomic E-state index is 13.6. The topological polar surface area (TPSA) is 46.6 Å². The fraction of sp³-hybridized carbons (Fsp3) is 0.391. The SMILES string of the molecule is CCCC[C@]1(C(=O)N2C(=O)OC[C@@H]2c2ccccc2)C[C@@H]1c1ccccc1. The summed E-state index contributed by atoms with van der Waals surface area (Å²) in [4.78, 5) is 27.5. The summed E-state index contributed by atoms with van der Waals surface area (Å²) in [6.07, 6.45) is 3.12. The molecule has 4 heteroatoms. The second kappa shape index (κ2) is 7.18. The fourth-order valence-electron chi connectivity index (χ4n) is 4.35. The molecule has 3 atom stereocenters. The predicted octanol–water partition coefficient (Wildman–Crippen LogP) is 5.07. The third-order valence-electron chi connectivity index (χ3n) is 5.96. The van der Waals surface area contributed by atoms with Crippen molar-refractivity contribution in [3.63, 3.8) is 0 Å². The van der Waals surface area contributed by atoms with E-state index >= 15 is 0 Å². The molecule has 27 heavy (non-hydrogen) atoms. The minimum atomic E-state index is -0.511. The Labute approximate surface area is 160 Å². The van der Waals surface area contributed by atoms with Gasteiger partial charge in [0.1, 0.15) is 12.6 Å². The molecule has 0 unspecified atom stereocenters. The zero-order valence-corrected chi connectivity index (χ0v) is 15.6. The Morgan fingerprint density at radius 2 is 1.70 bits per heavy atom. The summed E-state index contributed by atoms with van der Waals surface area (Å²) in [5.74, 6) is 0.115. The maximum atomic E-state index is 13.6. The summed E-state index contributed by atoms with van der Waals surface area (Å²) >= 11 is 0. The van der Waals surface area contributed by atoms with E-state index in [9.17, 15) is 9.59 Å². The van der Waals surface area contributed by atoms with Crippen LogP contribution in [0.5, 0.6) is 0 Å². The Balaban J connectivity index is 1.64. The predicted molar refractivity (Wildman–Crippen MR) is 103 cm³/mol. The number of nitrogens with zero attached hydrogens (tertiary/aromatic N) is 1. The van der Waals surface area contributed by atoms with Gasteiger partial charge in [-0.25, -0.2) is 9.69 Å². The fourth-order valence-corrected chi connectivity index (χ4v) is 4.35. The highest BCUT2D eigenvalue weighted by Crippen LogP contribution is 2.63. The maximum Gasteiger partial charge on any atom is 0.417 e. The van der Waals surface area contributed by atoms with Gasteiger partial charge in [0.2, 0.25) is 5.91 Å². The quantitative estimate of drug-likeness (QED) is 0.720. The van der Waals surface area contributed by atoms with E-state index in [1.165, 1.54) is 10.5 Å². The van der Waals surface area contributed by atoms with Crippen LogP contribution in [0.4, 0.5) is 4.79 Å². The molecule has 2 fully saturated rings. The first-order chi connectivity index (χ1) is 13.2. The molecular formula is C23H25NO3. The molecule has 0 radical (unpaired) electrons. The van der Waals surface area contributed by atoms with E-state index in [0.29, 0.717) is 0 Å². The molecule has 1 aliphatic heterocycles. The van der Waals surface area contributed by atoms with E-state index in [2.05, 4.69) is 19.1 Å². The molecule has 0 N–H and O–H groups in total. The van der Waals surface area contributed by atoms with E-state index < -0.39 is 11.5 Å². The van der Waals surface area contributed by atoms with Crippen molar-refractivity contribution in [1.29, 1.82) is 0 Å². The molecule has 1 saturated heterocycles. The Hall–Kier alpha value is -2.62. The molecule has 1 saturated carbocycles. The first-order valence-corrected chi connectivity index (χ1v) is 9.77. The molecule has 0 bridgehead atoms. The first kappa shape index (κ1) is 17.8. The molecule has 1 aliphatic carbocycles. The highest BCUT2D eigenvalue weighted by atomic mass is 16.6. The zero-order chi connectivity index (χ0) is 18.9. The van der Waals surface area contributed by atoms with E-state index in [0.717, 1.165) is 31.2 Å². The van der Waals surface area contributed by atoms with Crippen LogP contribution in [0.2, 0.25) is 0 Å². The largest absolute Gasteiger partial charge is 0.446 e. The van der Waals surface area contributed by atoms with Crippen molar-refractivity contribution in [2.75, 3.05) is 6.61 Å². The average molecular weight is 363 g/mol. The number of rotatable bonds is 6. The summed E-state index contributed by atoms with van der Waals surface area (Å²) in [5, 5.41) is 0. The molecule has 2 aromatic rings. The van der Waals surface area contributed by atoms with Crippen LogP contribution >= 0.6 is 0 Å². The molecule has 0 aromatic heterocycles. The molecule has 2 amide bonds. The number of ether oxygens (including phenoxy) is 1. The van der Waals surface area contributed by atoms with Gasteiger partial charge in [-0.1, -0.05) is 80.4 Å². The molecule has 1 heterocycles. The van der Waals surface area contributed by atoms with Crippen molar-refractivity contribution in [2.45, 2.75) is 44.6 Å². The van der Waals surface area contributed by atoms with Gasteiger partial charge in [0.15, 0.2) is 0 Å². The summed E-state index contributed by atoms with van der Waals surface area (Å²) in [6.45, 7) is 2.36. The lowest BCUT2D eigenvalue weighted by molar-refractivity contribution is -0.135. The summed E-state index contributed by atoms with van der Waals surface area (Å²) in [6, 6.07) is 19.6. The van der Waals surface area contributed by atoms with Crippen molar-refractivity contribution >= 4 is 12.0 Å². The van der Waals surface area contributed by atoms with Gasteiger partial charge < -0.3 is 4.74 Å². The summed E-state index contributed by atoms with van der Waals surface area (Å²) in [7, 11) is 0. The number of unbranched alkanes of at least 4 members (excludes halogenated alkanes) is 1. The van der Waals surface area contributed by atoms with Gasteiger partial charge in [0.25, 0.3) is 0 Å². The number of benzene rings is 2. The third-order valence-corrected chi connectivity index (χ3v) is 5.96. The van der Waals surface area contributed by atoms with Gasteiger partial charge in [0, 0.05) is 0 Å². The van der Waals surface area contributed by atoms with Gasteiger partial charge in [-0.05, 0) is 29.9 Å². The van der Waals surface area contributed by atoms with Crippen LogP contribution in [0.15, 0.2) is 60.7 Å². The second-order valence-corrected chi connectivity index (χ2v) is 7.61. The molecule has 2 aromatic carbocycles. The van der Waals surface area contributed by atoms with E-state index in [-0.39, 0.29) is 24.5 Å². The smallest absolute Gasteiger partial charge is 0.417 e. The van der Waals surface area contributed by atoms with Crippen LogP contribution in [0.3, 0.4) is 0 Å². The van der Waals surface area contributed by atoms with Gasteiger partial charge in [-0.3, -0.25) is 4.79 Å². The highest BCUT2D eigenvalue weighted by molar-refractivity contribution is 5.99. The highest BCUT2D eigenvalue weighted by Gasteiger charge is 2.63. The van der Waals surface area contributed by atoms with Gasteiger partial charge in [-0.2, -0.15) is 0 Å². The van der Waals surface area contributed by atoms with Crippen LogP contribution in [-0.4, -0.2) is 23.5 Å². The lowest BCUT2D eigenvalue weighted by Gasteiger charge is -2.26. The van der Waals surface area contributed by atoms with Crippen molar-refractivity contribution in [3.8, 4) is 0 Å². The van der Waals surface area contributed by atoms with Gasteiger partial charge in [-0.15, -0.1) is 0 Å². The standard InChI is InChI=1S/C23H25NO3/c1-2-3-14-23(15-19(23)17-10-6-4-7-11-17)21(25)24-20(16-27-22(24)26)18-12-8-5-9-13-18/h4-13,19-20H,2-3,14-16H2,1H3/t19-,20-,23+/m1/s1. The summed E-state index contributed by atoms with van der Waals surface area (Å²) < 4.78 is 5.29. The van der Waals surface area contributed by atoms with Crippen LogP contribution < -0.4 is 0 Å². The molecule has 140 valence electrons. The zero-order valence-electron chi connectivity index (χ0n) is 15.6. The Kier molecular flexibility index (Phi) is 4.73. The van der Waals surface area contributed by atoms with Crippen molar-refractivity contribution in [3.05, 3.63) is 71.8 Å². The van der Waals surface area contributed by atoms with Crippen LogP contribution in [0.25, 0.3) is 0 Å². The van der Waals surface area contributed by atoms with Crippen molar-refractivity contribution in [2.24, 2.45) is 5.41 Å². The molecule has 4 rings (SSSR count). The molecule has 4 nitrogen and oxygen atoms in total. The summed E-state index contributed by atoms with van der Waals surface area (Å²) in [5.41, 5.74) is 1.65. The third kappa shape index (κ3) is 3.14. The number of cyclic esters (lactones) is 1. The van der Waals surface area contributed by atoms with Crippen LogP contribution in [0, 0.1) is 5.41 Å². The number of amides is 2.